The second-order valence-electron chi connectivity index (χ2n) is 7.66. The van der Waals surface area contributed by atoms with E-state index in [1.807, 2.05) is 0 Å². The third-order valence-corrected chi connectivity index (χ3v) is 4.70. The van der Waals surface area contributed by atoms with Crippen LogP contribution in [0.15, 0.2) is 30.3 Å². The van der Waals surface area contributed by atoms with E-state index in [0.29, 0.717) is 5.56 Å². The fraction of sp³-hybridized carbons (Fsp3) is 0.478. The number of nitrogens with zero attached hydrogens (tertiary/aromatic N) is 1. The number of non-ortho nitro benzene ring substituents is 1. The number of carbonyl (C=O) groups excluding carboxylic acids is 4. The number of nitro groups is 1. The number of nitro benzene ring substituents is 1. The Morgan fingerprint density at radius 2 is 1.56 bits per heavy atom. The van der Waals surface area contributed by atoms with Crippen molar-refractivity contribution < 1.29 is 52.5 Å². The molecular formula is C23H27NO12. The molecule has 36 heavy (non-hydrogen) atoms. The first-order valence-electron chi connectivity index (χ1n) is 10.8. The molecule has 0 radical (unpaired) electrons. The summed E-state index contributed by atoms with van der Waals surface area (Å²) in [6, 6.07) is 5.89. The quantitative estimate of drug-likeness (QED) is 0.194. The van der Waals surface area contributed by atoms with Crippen molar-refractivity contribution in [3.8, 4) is 0 Å². The highest BCUT2D eigenvalue weighted by atomic mass is 16.7. The lowest BCUT2D eigenvalue weighted by Crippen LogP contribution is -2.62. The number of ether oxygens (including phenoxy) is 6. The summed E-state index contributed by atoms with van der Waals surface area (Å²) in [5, 5.41) is 10.9. The van der Waals surface area contributed by atoms with Crippen molar-refractivity contribution in [1.29, 1.82) is 0 Å². The molecule has 2 rings (SSSR count). The van der Waals surface area contributed by atoms with E-state index in [1.54, 1.807) is 12.1 Å². The smallest absolute Gasteiger partial charge is 0.303 e. The largest absolute Gasteiger partial charge is 0.463 e. The van der Waals surface area contributed by atoms with E-state index in [-0.39, 0.29) is 18.9 Å². The summed E-state index contributed by atoms with van der Waals surface area (Å²) >= 11 is 0. The zero-order chi connectivity index (χ0) is 26.8. The Labute approximate surface area is 206 Å². The van der Waals surface area contributed by atoms with Crippen LogP contribution >= 0.6 is 0 Å². The van der Waals surface area contributed by atoms with Crippen LogP contribution < -0.4 is 0 Å². The average molecular weight is 509 g/mol. The Morgan fingerprint density at radius 1 is 0.944 bits per heavy atom. The predicted octanol–water partition coefficient (Wildman–Crippen LogP) is 1.71. The molecule has 0 aliphatic carbocycles. The molecule has 1 fully saturated rings. The van der Waals surface area contributed by atoms with Crippen LogP contribution in [0.5, 0.6) is 0 Å². The van der Waals surface area contributed by atoms with Crippen LogP contribution in [0, 0.1) is 10.1 Å². The monoisotopic (exact) mass is 509 g/mol. The summed E-state index contributed by atoms with van der Waals surface area (Å²) < 4.78 is 32.4. The van der Waals surface area contributed by atoms with E-state index in [9.17, 15) is 29.3 Å². The van der Waals surface area contributed by atoms with Gasteiger partial charge in [0, 0.05) is 39.8 Å². The van der Waals surface area contributed by atoms with Gasteiger partial charge in [0.25, 0.3) is 5.69 Å². The van der Waals surface area contributed by atoms with E-state index in [4.69, 9.17) is 28.4 Å². The highest BCUT2D eigenvalue weighted by Gasteiger charge is 2.52. The summed E-state index contributed by atoms with van der Waals surface area (Å²) in [4.78, 5) is 57.1. The Morgan fingerprint density at radius 3 is 2.14 bits per heavy atom. The van der Waals surface area contributed by atoms with E-state index in [0.717, 1.165) is 20.8 Å². The van der Waals surface area contributed by atoms with Gasteiger partial charge in [-0.2, -0.15) is 0 Å². The molecule has 13 heteroatoms. The number of rotatable bonds is 10. The molecule has 1 aliphatic rings. The summed E-state index contributed by atoms with van der Waals surface area (Å²) in [6.07, 6.45) is -3.30. The third kappa shape index (κ3) is 8.74. The van der Waals surface area contributed by atoms with E-state index in [2.05, 4.69) is 0 Å². The van der Waals surface area contributed by atoms with Crippen molar-refractivity contribution in [3.05, 3.63) is 46.0 Å². The molecule has 0 saturated carbocycles. The molecule has 1 aromatic rings. The first-order valence-corrected chi connectivity index (χ1v) is 10.8. The van der Waals surface area contributed by atoms with Gasteiger partial charge < -0.3 is 28.4 Å². The van der Waals surface area contributed by atoms with Gasteiger partial charge in [-0.15, -0.1) is 0 Å². The van der Waals surface area contributed by atoms with Gasteiger partial charge in [-0.25, -0.2) is 0 Å². The number of hydrogen-bond donors (Lipinski definition) is 0. The van der Waals surface area contributed by atoms with Crippen molar-refractivity contribution in [2.75, 3.05) is 13.2 Å². The lowest BCUT2D eigenvalue weighted by molar-refractivity contribution is -0.384. The number of esters is 4. The van der Waals surface area contributed by atoms with Crippen LogP contribution in [0.3, 0.4) is 0 Å². The van der Waals surface area contributed by atoms with Gasteiger partial charge in [0.1, 0.15) is 12.7 Å². The second kappa shape index (κ2) is 13.3. The molecule has 196 valence electrons. The first kappa shape index (κ1) is 28.4. The number of benzene rings is 1. The summed E-state index contributed by atoms with van der Waals surface area (Å²) in [5.41, 5.74) is 0.451. The lowest BCUT2D eigenvalue weighted by Gasteiger charge is -2.43. The van der Waals surface area contributed by atoms with Crippen molar-refractivity contribution in [1.82, 2.24) is 0 Å². The molecule has 0 aromatic heterocycles. The molecule has 1 heterocycles. The van der Waals surface area contributed by atoms with Gasteiger partial charge >= 0.3 is 23.9 Å². The number of hydrogen-bond acceptors (Lipinski definition) is 12. The maximum atomic E-state index is 11.8. The maximum absolute atomic E-state index is 11.8. The molecule has 1 saturated heterocycles. The first-order chi connectivity index (χ1) is 17.0. The van der Waals surface area contributed by atoms with Crippen LogP contribution in [0.2, 0.25) is 0 Å². The van der Waals surface area contributed by atoms with Crippen molar-refractivity contribution in [2.45, 2.75) is 58.4 Å². The van der Waals surface area contributed by atoms with Crippen LogP contribution in [0.4, 0.5) is 5.69 Å². The molecule has 0 spiro atoms. The van der Waals surface area contributed by atoms with E-state index < -0.39 is 59.5 Å². The fourth-order valence-electron chi connectivity index (χ4n) is 3.40. The van der Waals surface area contributed by atoms with Gasteiger partial charge in [0.15, 0.2) is 24.6 Å². The fourth-order valence-corrected chi connectivity index (χ4v) is 3.40. The lowest BCUT2D eigenvalue weighted by atomic mass is 9.98. The molecular weight excluding hydrogens is 482 g/mol. The molecule has 5 atom stereocenters. The van der Waals surface area contributed by atoms with Gasteiger partial charge in [-0.1, -0.05) is 24.3 Å². The highest BCUT2D eigenvalue weighted by molar-refractivity contribution is 5.68. The summed E-state index contributed by atoms with van der Waals surface area (Å²) in [7, 11) is 0. The highest BCUT2D eigenvalue weighted by Crippen LogP contribution is 2.30. The van der Waals surface area contributed by atoms with Crippen molar-refractivity contribution in [3.63, 3.8) is 0 Å². The second-order valence-corrected chi connectivity index (χ2v) is 7.66. The molecule has 1 aromatic carbocycles. The van der Waals surface area contributed by atoms with Crippen LogP contribution in [-0.2, 0) is 47.6 Å². The Hall–Kier alpha value is -3.84. The minimum Gasteiger partial charge on any atom is -0.463 e. The topological polar surface area (TPSA) is 167 Å². The Kier molecular flexibility index (Phi) is 10.5. The molecule has 13 nitrogen and oxygen atoms in total. The van der Waals surface area contributed by atoms with Crippen LogP contribution in [0.25, 0.3) is 6.08 Å². The van der Waals surface area contributed by atoms with Crippen LogP contribution in [0.1, 0.15) is 33.3 Å². The zero-order valence-electron chi connectivity index (χ0n) is 20.1. The standard InChI is InChI=1S/C23H27NO12/c1-13(25)32-12-19-20(33-14(2)26)21(34-15(3)27)22(35-16(4)28)23(36-19)31-10-6-8-17-7-5-9-18(11-17)24(29)30/h5-9,11,19-23H,10,12H2,1-4H3/b8-6+/t19?,20-,21?,22?,23-/m1/s1. The molecule has 1 aliphatic heterocycles. The maximum Gasteiger partial charge on any atom is 0.303 e. The average Bonchev–Trinajstić information content (AvgIpc) is 2.78. The van der Waals surface area contributed by atoms with Crippen molar-refractivity contribution >= 4 is 35.6 Å². The van der Waals surface area contributed by atoms with Gasteiger partial charge in [0.2, 0.25) is 0 Å². The van der Waals surface area contributed by atoms with Gasteiger partial charge in [-0.05, 0) is 5.56 Å². The van der Waals surface area contributed by atoms with Gasteiger partial charge in [0.05, 0.1) is 11.5 Å². The predicted molar refractivity (Wildman–Crippen MR) is 120 cm³/mol. The van der Waals surface area contributed by atoms with E-state index in [1.165, 1.54) is 31.2 Å². The Bertz CT molecular complexity index is 1010. The Balaban J connectivity index is 2.28. The summed E-state index contributed by atoms with van der Waals surface area (Å²) in [6.45, 7) is 4.04. The normalized spacial score (nSPS) is 23.5. The SMILES string of the molecule is CC(=O)OCC1O[C@@H](OC/C=C/c2cccc([N+](=O)[O-])c2)C(OC(C)=O)C(OC(C)=O)[C@@H]1OC(C)=O. The minimum absolute atomic E-state index is 0.0855. The molecule has 0 bridgehead atoms. The number of carbonyl (C=O) groups is 4. The third-order valence-electron chi connectivity index (χ3n) is 4.70. The van der Waals surface area contributed by atoms with E-state index >= 15 is 0 Å². The zero-order valence-corrected chi connectivity index (χ0v) is 20.1. The summed E-state index contributed by atoms with van der Waals surface area (Å²) in [5.74, 6) is -2.88. The molecule has 0 N–H and O–H groups in total. The van der Waals surface area contributed by atoms with Crippen molar-refractivity contribution in [2.24, 2.45) is 0 Å². The van der Waals surface area contributed by atoms with Crippen LogP contribution in [-0.4, -0.2) is 72.7 Å². The molecule has 3 unspecified atom stereocenters. The molecule has 0 amide bonds. The van der Waals surface area contributed by atoms with Gasteiger partial charge in [-0.3, -0.25) is 29.3 Å². The minimum atomic E-state index is -1.34.